The first kappa shape index (κ1) is 21.4. The van der Waals surface area contributed by atoms with Crippen molar-refractivity contribution in [1.82, 2.24) is 19.7 Å². The Kier molecular flexibility index (Phi) is 6.00. The maximum atomic E-state index is 12.9. The van der Waals surface area contributed by atoms with Gasteiger partial charge in [0.1, 0.15) is 12.1 Å². The van der Waals surface area contributed by atoms with E-state index in [0.717, 1.165) is 12.1 Å². The predicted octanol–water partition coefficient (Wildman–Crippen LogP) is 4.77. The van der Waals surface area contributed by atoms with Crippen molar-refractivity contribution in [2.75, 3.05) is 11.9 Å². The molecular formula is C17H26F3N5OSi. The van der Waals surface area contributed by atoms with Crippen molar-refractivity contribution in [2.24, 2.45) is 0 Å². The minimum absolute atomic E-state index is 0.0533. The molecule has 27 heavy (non-hydrogen) atoms. The molecule has 0 radical (unpaired) electrons. The van der Waals surface area contributed by atoms with E-state index in [0.29, 0.717) is 13.2 Å². The molecule has 0 aliphatic rings. The fourth-order valence-corrected chi connectivity index (χ4v) is 3.12. The third-order valence-electron chi connectivity index (χ3n) is 4.65. The molecule has 6 nitrogen and oxygen atoms in total. The Labute approximate surface area is 158 Å². The van der Waals surface area contributed by atoms with Gasteiger partial charge >= 0.3 is 6.18 Å². The predicted molar refractivity (Wildman–Crippen MR) is 100 cm³/mol. The molecule has 0 saturated carbocycles. The van der Waals surface area contributed by atoms with E-state index >= 15 is 0 Å². The molecule has 0 fully saturated rings. The Balaban J connectivity index is 2.00. The Morgan fingerprint density at radius 2 is 1.85 bits per heavy atom. The summed E-state index contributed by atoms with van der Waals surface area (Å²) in [5.74, 6) is 0.242. The maximum absolute atomic E-state index is 12.9. The summed E-state index contributed by atoms with van der Waals surface area (Å²) in [4.78, 5) is 8.13. The minimum Gasteiger partial charge on any atom is -0.415 e. The first-order valence-electron chi connectivity index (χ1n) is 8.64. The number of pyridine rings is 1. The average molecular weight is 402 g/mol. The molecule has 0 amide bonds. The van der Waals surface area contributed by atoms with Crippen molar-refractivity contribution >= 4 is 20.1 Å². The molecule has 0 bridgehead atoms. The monoisotopic (exact) mass is 401 g/mol. The average Bonchev–Trinajstić information content (AvgIpc) is 2.91. The summed E-state index contributed by atoms with van der Waals surface area (Å²) in [5.41, 5.74) is -0.505. The van der Waals surface area contributed by atoms with E-state index in [2.05, 4.69) is 54.2 Å². The van der Waals surface area contributed by atoms with Gasteiger partial charge in [0.2, 0.25) is 5.95 Å². The Hall–Kier alpha value is -1.94. The molecule has 2 aromatic rings. The first-order chi connectivity index (χ1) is 12.3. The van der Waals surface area contributed by atoms with Gasteiger partial charge in [-0.3, -0.25) is 0 Å². The second-order valence-corrected chi connectivity index (χ2v) is 12.8. The van der Waals surface area contributed by atoms with Crippen LogP contribution in [0.15, 0.2) is 18.5 Å². The molecule has 0 aliphatic heterocycles. The molecular weight excluding hydrogens is 375 g/mol. The highest BCUT2D eigenvalue weighted by Gasteiger charge is 2.37. The molecule has 0 aliphatic carbocycles. The third-order valence-corrected chi connectivity index (χ3v) is 9.18. The van der Waals surface area contributed by atoms with Gasteiger partial charge in [0.05, 0.1) is 18.7 Å². The number of hydrogen-bond donors (Lipinski definition) is 1. The number of anilines is 2. The van der Waals surface area contributed by atoms with Crippen molar-refractivity contribution < 1.29 is 17.6 Å². The van der Waals surface area contributed by atoms with E-state index in [1.807, 2.05) is 0 Å². The Morgan fingerprint density at radius 3 is 2.44 bits per heavy atom. The van der Waals surface area contributed by atoms with E-state index in [9.17, 15) is 13.2 Å². The van der Waals surface area contributed by atoms with Crippen molar-refractivity contribution in [1.29, 1.82) is 0 Å². The molecule has 0 saturated heterocycles. The molecule has 0 atom stereocenters. The van der Waals surface area contributed by atoms with E-state index < -0.39 is 20.1 Å². The van der Waals surface area contributed by atoms with Crippen LogP contribution in [0.1, 0.15) is 32.0 Å². The van der Waals surface area contributed by atoms with Crippen LogP contribution < -0.4 is 5.32 Å². The van der Waals surface area contributed by atoms with Gasteiger partial charge in [0.25, 0.3) is 0 Å². The van der Waals surface area contributed by atoms with Gasteiger partial charge in [-0.2, -0.15) is 13.2 Å². The number of halogens is 3. The number of aryl methyl sites for hydroxylation is 1. The molecule has 1 N–H and O–H groups in total. The standard InChI is InChI=1S/C17H26F3N5OSi/c1-12-9-13(17(18,19)20)10-14(22-12)23-15-21-11-25(24-15)7-8-26-27(5,6)16(2,3)4/h9-11H,7-8H2,1-6H3,(H,22,23,24). The van der Waals surface area contributed by atoms with Crippen LogP contribution in [0.4, 0.5) is 24.9 Å². The molecule has 2 aromatic heterocycles. The van der Waals surface area contributed by atoms with Crippen molar-refractivity contribution in [3.05, 3.63) is 29.7 Å². The lowest BCUT2D eigenvalue weighted by Crippen LogP contribution is -2.41. The normalized spacial score (nSPS) is 13.1. The van der Waals surface area contributed by atoms with Crippen molar-refractivity contribution in [3.63, 3.8) is 0 Å². The highest BCUT2D eigenvalue weighted by Crippen LogP contribution is 2.36. The topological polar surface area (TPSA) is 64.9 Å². The summed E-state index contributed by atoms with van der Waals surface area (Å²) in [7, 11) is -1.84. The largest absolute Gasteiger partial charge is 0.416 e. The number of alkyl halides is 3. The SMILES string of the molecule is Cc1cc(C(F)(F)F)cc(Nc2ncn(CCO[Si](C)(C)C(C)(C)C)n2)n1. The highest BCUT2D eigenvalue weighted by molar-refractivity contribution is 6.74. The summed E-state index contributed by atoms with van der Waals surface area (Å²) in [6, 6.07) is 1.93. The van der Waals surface area contributed by atoms with Crippen molar-refractivity contribution in [3.8, 4) is 0 Å². The van der Waals surface area contributed by atoms with E-state index in [4.69, 9.17) is 4.43 Å². The fourth-order valence-electron chi connectivity index (χ4n) is 2.08. The van der Waals surface area contributed by atoms with Gasteiger partial charge in [-0.1, -0.05) is 20.8 Å². The summed E-state index contributed by atoms with van der Waals surface area (Å²) < 4.78 is 46.4. The zero-order valence-corrected chi connectivity index (χ0v) is 17.5. The van der Waals surface area contributed by atoms with Crippen LogP contribution in [-0.4, -0.2) is 34.7 Å². The van der Waals surface area contributed by atoms with Crippen LogP contribution in [-0.2, 0) is 17.1 Å². The lowest BCUT2D eigenvalue weighted by atomic mass is 10.2. The molecule has 2 rings (SSSR count). The zero-order chi connectivity index (χ0) is 20.5. The van der Waals surface area contributed by atoms with E-state index in [1.54, 1.807) is 4.68 Å². The van der Waals surface area contributed by atoms with E-state index in [1.165, 1.54) is 13.3 Å². The summed E-state index contributed by atoms with van der Waals surface area (Å²) >= 11 is 0. The molecule has 150 valence electrons. The van der Waals surface area contributed by atoms with Gasteiger partial charge in [0, 0.05) is 5.69 Å². The smallest absolute Gasteiger partial charge is 0.415 e. The van der Waals surface area contributed by atoms with Crippen LogP contribution >= 0.6 is 0 Å². The van der Waals surface area contributed by atoms with Crippen LogP contribution in [0.3, 0.4) is 0 Å². The number of nitrogens with one attached hydrogen (secondary N) is 1. The first-order valence-corrected chi connectivity index (χ1v) is 11.5. The summed E-state index contributed by atoms with van der Waals surface area (Å²) in [6.45, 7) is 13.4. The Morgan fingerprint density at radius 1 is 1.19 bits per heavy atom. The second kappa shape index (κ2) is 7.59. The quantitative estimate of drug-likeness (QED) is 0.707. The highest BCUT2D eigenvalue weighted by atomic mass is 28.4. The van der Waals surface area contributed by atoms with Gasteiger partial charge in [-0.15, -0.1) is 5.10 Å². The van der Waals surface area contributed by atoms with E-state index in [-0.39, 0.29) is 22.5 Å². The number of aromatic nitrogens is 4. The van der Waals surface area contributed by atoms with Gasteiger partial charge in [-0.25, -0.2) is 14.6 Å². The molecule has 2 heterocycles. The second-order valence-electron chi connectivity index (χ2n) is 7.95. The fraction of sp³-hybridized carbons (Fsp3) is 0.588. The zero-order valence-electron chi connectivity index (χ0n) is 16.5. The van der Waals surface area contributed by atoms with Crippen LogP contribution in [0.2, 0.25) is 18.1 Å². The summed E-state index contributed by atoms with van der Waals surface area (Å²) in [5, 5.41) is 7.06. The third kappa shape index (κ3) is 5.77. The van der Waals surface area contributed by atoms with Crippen LogP contribution in [0.5, 0.6) is 0 Å². The number of nitrogens with zero attached hydrogens (tertiary/aromatic N) is 4. The van der Waals surface area contributed by atoms with Crippen molar-refractivity contribution in [2.45, 2.75) is 58.5 Å². The Bertz CT molecular complexity index is 784. The lowest BCUT2D eigenvalue weighted by molar-refractivity contribution is -0.137. The molecule has 0 aromatic carbocycles. The summed E-state index contributed by atoms with van der Waals surface area (Å²) in [6.07, 6.45) is -2.92. The maximum Gasteiger partial charge on any atom is 0.416 e. The molecule has 0 spiro atoms. The van der Waals surface area contributed by atoms with Gasteiger partial charge < -0.3 is 9.74 Å². The lowest BCUT2D eigenvalue weighted by Gasteiger charge is -2.36. The number of hydrogen-bond acceptors (Lipinski definition) is 5. The number of rotatable bonds is 6. The van der Waals surface area contributed by atoms with Gasteiger partial charge in [0.15, 0.2) is 8.32 Å². The minimum atomic E-state index is -4.43. The molecule has 0 unspecified atom stereocenters. The van der Waals surface area contributed by atoms with Crippen LogP contribution in [0.25, 0.3) is 0 Å². The van der Waals surface area contributed by atoms with Crippen LogP contribution in [0, 0.1) is 6.92 Å². The van der Waals surface area contributed by atoms with Gasteiger partial charge in [-0.05, 0) is 37.2 Å². The molecule has 10 heteroatoms.